The number of urea groups is 1. The summed E-state index contributed by atoms with van der Waals surface area (Å²) in [5.41, 5.74) is 2.46. The van der Waals surface area contributed by atoms with Gasteiger partial charge in [-0.1, -0.05) is 43.0 Å². The Hall–Kier alpha value is -4.13. The van der Waals surface area contributed by atoms with Gasteiger partial charge < -0.3 is 14.5 Å². The van der Waals surface area contributed by atoms with Gasteiger partial charge >= 0.3 is 6.03 Å². The summed E-state index contributed by atoms with van der Waals surface area (Å²) in [6, 6.07) is 16.1. The van der Waals surface area contributed by atoms with Gasteiger partial charge in [0.15, 0.2) is 0 Å². The maximum atomic E-state index is 13.1. The first kappa shape index (κ1) is 20.2. The molecule has 1 N–H and O–H groups in total. The Kier molecular flexibility index (Phi) is 5.41. The minimum Gasteiger partial charge on any atom is -0.497 e. The molecule has 1 aliphatic heterocycles. The van der Waals surface area contributed by atoms with E-state index in [-0.39, 0.29) is 18.1 Å². The van der Waals surface area contributed by atoms with Crippen LogP contribution in [0.25, 0.3) is 23.2 Å². The fourth-order valence-corrected chi connectivity index (χ4v) is 3.15. The van der Waals surface area contributed by atoms with Gasteiger partial charge in [-0.05, 0) is 29.8 Å². The summed E-state index contributed by atoms with van der Waals surface area (Å²) in [7, 11) is 1.56. The molecule has 1 saturated heterocycles. The van der Waals surface area contributed by atoms with Crippen LogP contribution in [-0.2, 0) is 16.1 Å². The molecular formula is C24H19FN2O4. The van der Waals surface area contributed by atoms with E-state index in [0.29, 0.717) is 22.8 Å². The zero-order chi connectivity index (χ0) is 22.0. The van der Waals surface area contributed by atoms with Crippen molar-refractivity contribution in [3.63, 3.8) is 0 Å². The van der Waals surface area contributed by atoms with Crippen LogP contribution >= 0.6 is 0 Å². The molecule has 31 heavy (non-hydrogen) atoms. The van der Waals surface area contributed by atoms with Crippen LogP contribution < -0.4 is 5.32 Å². The fourth-order valence-electron chi connectivity index (χ4n) is 3.15. The molecule has 0 aliphatic carbocycles. The van der Waals surface area contributed by atoms with Crippen LogP contribution in [-0.4, -0.2) is 23.9 Å². The summed E-state index contributed by atoms with van der Waals surface area (Å²) >= 11 is 0. The van der Waals surface area contributed by atoms with Crippen molar-refractivity contribution in [3.05, 3.63) is 95.6 Å². The van der Waals surface area contributed by atoms with E-state index in [1.807, 2.05) is 24.3 Å². The van der Waals surface area contributed by atoms with Crippen molar-refractivity contribution in [3.8, 4) is 11.3 Å². The molecular weight excluding hydrogens is 399 g/mol. The highest BCUT2D eigenvalue weighted by atomic mass is 19.1. The van der Waals surface area contributed by atoms with Gasteiger partial charge in [-0.25, -0.2) is 9.18 Å². The van der Waals surface area contributed by atoms with Crippen LogP contribution in [0.3, 0.4) is 0 Å². The molecule has 0 radical (unpaired) electrons. The lowest BCUT2D eigenvalue weighted by Gasteiger charge is -2.11. The van der Waals surface area contributed by atoms with Crippen molar-refractivity contribution in [1.82, 2.24) is 10.2 Å². The van der Waals surface area contributed by atoms with Crippen LogP contribution in [0.1, 0.15) is 16.9 Å². The summed E-state index contributed by atoms with van der Waals surface area (Å²) in [6.07, 6.45) is 1.48. The van der Waals surface area contributed by atoms with Crippen molar-refractivity contribution < 1.29 is 23.1 Å². The number of ether oxygens (including phenoxy) is 1. The number of benzene rings is 2. The number of carbonyl (C=O) groups excluding carboxylic acids is 2. The molecule has 7 heteroatoms. The van der Waals surface area contributed by atoms with E-state index in [1.54, 1.807) is 19.2 Å². The normalized spacial score (nSPS) is 14.8. The third kappa shape index (κ3) is 4.25. The van der Waals surface area contributed by atoms with Crippen molar-refractivity contribution in [2.75, 3.05) is 7.11 Å². The van der Waals surface area contributed by atoms with Gasteiger partial charge in [0.1, 0.15) is 28.8 Å². The molecule has 1 aromatic heterocycles. The molecule has 0 atom stereocenters. The summed E-state index contributed by atoms with van der Waals surface area (Å²) in [4.78, 5) is 25.9. The van der Waals surface area contributed by atoms with E-state index in [4.69, 9.17) is 9.15 Å². The molecule has 2 aromatic carbocycles. The van der Waals surface area contributed by atoms with Gasteiger partial charge in [0.25, 0.3) is 5.91 Å². The largest absolute Gasteiger partial charge is 0.497 e. The van der Waals surface area contributed by atoms with Crippen molar-refractivity contribution >= 4 is 23.8 Å². The number of rotatable bonds is 6. The average Bonchev–Trinajstić information content (AvgIpc) is 3.35. The van der Waals surface area contributed by atoms with E-state index in [9.17, 15) is 14.0 Å². The molecule has 1 aliphatic rings. The van der Waals surface area contributed by atoms with E-state index in [2.05, 4.69) is 11.9 Å². The van der Waals surface area contributed by atoms with E-state index < -0.39 is 11.9 Å². The van der Waals surface area contributed by atoms with Crippen molar-refractivity contribution in [2.45, 2.75) is 6.54 Å². The van der Waals surface area contributed by atoms with E-state index in [1.165, 1.54) is 30.3 Å². The highest BCUT2D eigenvalue weighted by Gasteiger charge is 2.33. The van der Waals surface area contributed by atoms with E-state index in [0.717, 1.165) is 16.0 Å². The standard InChI is InChI=1S/C24H19FN2O4/c1-15(30-2)17-5-7-18(8-6-17)22-12-11-20(31-22)13-21-23(28)27(24(29)26-21)14-16-3-9-19(25)10-4-16/h3-13H,1,14H2,2H3,(H,26,29)/b21-13+. The van der Waals surface area contributed by atoms with Crippen molar-refractivity contribution in [1.29, 1.82) is 0 Å². The number of nitrogens with zero attached hydrogens (tertiary/aromatic N) is 1. The molecule has 1 fully saturated rings. The van der Waals surface area contributed by atoms with Crippen LogP contribution in [0.2, 0.25) is 0 Å². The number of nitrogens with one attached hydrogen (secondary N) is 1. The third-order valence-corrected chi connectivity index (χ3v) is 4.87. The number of imide groups is 1. The number of methoxy groups -OCH3 is 1. The minimum atomic E-state index is -0.540. The zero-order valence-corrected chi connectivity index (χ0v) is 16.7. The fraction of sp³-hybridized carbons (Fsp3) is 0.0833. The Bertz CT molecular complexity index is 1180. The van der Waals surface area contributed by atoms with Gasteiger partial charge in [-0.3, -0.25) is 9.69 Å². The number of carbonyl (C=O) groups is 2. The molecule has 4 rings (SSSR count). The maximum absolute atomic E-state index is 13.1. The number of furan rings is 1. The number of amides is 3. The lowest BCUT2D eigenvalue weighted by molar-refractivity contribution is -0.123. The highest BCUT2D eigenvalue weighted by Crippen LogP contribution is 2.26. The first-order valence-corrected chi connectivity index (χ1v) is 9.47. The lowest BCUT2D eigenvalue weighted by Crippen LogP contribution is -2.30. The maximum Gasteiger partial charge on any atom is 0.329 e. The molecule has 0 saturated carbocycles. The Labute approximate surface area is 178 Å². The molecule has 3 aromatic rings. The summed E-state index contributed by atoms with van der Waals surface area (Å²) in [6.45, 7) is 3.86. The Morgan fingerprint density at radius 2 is 1.81 bits per heavy atom. The van der Waals surface area contributed by atoms with Crippen LogP contribution in [0, 0.1) is 5.82 Å². The topological polar surface area (TPSA) is 71.8 Å². The Morgan fingerprint density at radius 1 is 1.10 bits per heavy atom. The third-order valence-electron chi connectivity index (χ3n) is 4.87. The van der Waals surface area contributed by atoms with Crippen LogP contribution in [0.4, 0.5) is 9.18 Å². The number of halogens is 1. The van der Waals surface area contributed by atoms with Gasteiger partial charge in [0.2, 0.25) is 0 Å². The minimum absolute atomic E-state index is 0.0464. The SMILES string of the molecule is C=C(OC)c1ccc(-c2ccc(/C=C3/NC(=O)N(Cc4ccc(F)cc4)C3=O)o2)cc1. The molecule has 3 amide bonds. The second-order valence-electron chi connectivity index (χ2n) is 6.91. The molecule has 2 heterocycles. The van der Waals surface area contributed by atoms with Crippen LogP contribution in [0.5, 0.6) is 0 Å². The Morgan fingerprint density at radius 3 is 2.48 bits per heavy atom. The predicted octanol–water partition coefficient (Wildman–Crippen LogP) is 4.80. The van der Waals surface area contributed by atoms with Gasteiger partial charge in [0, 0.05) is 17.2 Å². The molecule has 0 spiro atoms. The van der Waals surface area contributed by atoms with E-state index >= 15 is 0 Å². The second kappa shape index (κ2) is 8.31. The Balaban J connectivity index is 1.50. The average molecular weight is 418 g/mol. The second-order valence-corrected chi connectivity index (χ2v) is 6.91. The molecule has 0 unspecified atom stereocenters. The molecule has 156 valence electrons. The predicted molar refractivity (Wildman–Crippen MR) is 114 cm³/mol. The zero-order valence-electron chi connectivity index (χ0n) is 16.7. The molecule has 6 nitrogen and oxygen atoms in total. The van der Waals surface area contributed by atoms with Gasteiger partial charge in [0.05, 0.1) is 13.7 Å². The van der Waals surface area contributed by atoms with Gasteiger partial charge in [-0.2, -0.15) is 0 Å². The summed E-state index contributed by atoms with van der Waals surface area (Å²) in [5, 5.41) is 2.55. The molecule has 0 bridgehead atoms. The lowest BCUT2D eigenvalue weighted by atomic mass is 10.1. The smallest absolute Gasteiger partial charge is 0.329 e. The number of hydrogen-bond acceptors (Lipinski definition) is 4. The highest BCUT2D eigenvalue weighted by molar-refractivity contribution is 6.13. The number of hydrogen-bond donors (Lipinski definition) is 1. The quantitative estimate of drug-likeness (QED) is 0.355. The van der Waals surface area contributed by atoms with Gasteiger partial charge in [-0.15, -0.1) is 0 Å². The van der Waals surface area contributed by atoms with Crippen LogP contribution in [0.15, 0.2) is 77.4 Å². The summed E-state index contributed by atoms with van der Waals surface area (Å²) in [5.74, 6) is 0.745. The monoisotopic (exact) mass is 418 g/mol. The van der Waals surface area contributed by atoms with Crippen molar-refractivity contribution in [2.24, 2.45) is 0 Å². The summed E-state index contributed by atoms with van der Waals surface area (Å²) < 4.78 is 24.0. The first-order valence-electron chi connectivity index (χ1n) is 9.47. The first-order chi connectivity index (χ1) is 14.9.